The smallest absolute Gasteiger partial charge is 0.425 e. The van der Waals surface area contributed by atoms with Gasteiger partial charge in [-0.25, -0.2) is 4.79 Å². The van der Waals surface area contributed by atoms with Crippen LogP contribution in [0.2, 0.25) is 0 Å². The van der Waals surface area contributed by atoms with E-state index in [1.165, 1.54) is 0 Å². The summed E-state index contributed by atoms with van der Waals surface area (Å²) in [6.45, 7) is 1.56. The zero-order chi connectivity index (χ0) is 11.3. The Hall–Kier alpha value is -1.99. The quantitative estimate of drug-likeness (QED) is 0.398. The van der Waals surface area contributed by atoms with Crippen molar-refractivity contribution in [2.75, 3.05) is 0 Å². The molecule has 0 aliphatic carbocycles. The summed E-state index contributed by atoms with van der Waals surface area (Å²) in [4.78, 5) is 28.6. The monoisotopic (exact) mass is 204 g/mol. The Bertz CT molecular complexity index is 291. The topological polar surface area (TPSA) is 124 Å². The van der Waals surface area contributed by atoms with Gasteiger partial charge in [-0.1, -0.05) is 6.92 Å². The van der Waals surface area contributed by atoms with Gasteiger partial charge in [0, 0.05) is 6.42 Å². The summed E-state index contributed by atoms with van der Waals surface area (Å²) in [6.07, 6.45) is 0.0244. The fourth-order valence-corrected chi connectivity index (χ4v) is 0.840. The zero-order valence-electron chi connectivity index (χ0n) is 7.30. The van der Waals surface area contributed by atoms with Gasteiger partial charge in [0.25, 0.3) is 0 Å². The lowest BCUT2D eigenvalue weighted by Gasteiger charge is -1.95. The number of aliphatic carboxylic acids is 1. The van der Waals surface area contributed by atoms with E-state index in [1.807, 2.05) is 0 Å². The molecule has 0 rings (SSSR count). The molecule has 0 radical (unpaired) electrons. The van der Waals surface area contributed by atoms with Gasteiger partial charge in [0.15, 0.2) is 0 Å². The van der Waals surface area contributed by atoms with E-state index >= 15 is 0 Å². The van der Waals surface area contributed by atoms with Gasteiger partial charge >= 0.3 is 17.4 Å². The number of carbonyl (C=O) groups is 1. The van der Waals surface area contributed by atoms with E-state index < -0.39 is 27.2 Å². The van der Waals surface area contributed by atoms with E-state index in [4.69, 9.17) is 5.11 Å². The minimum absolute atomic E-state index is 0.240. The predicted molar refractivity (Wildman–Crippen MR) is 43.6 cm³/mol. The van der Waals surface area contributed by atoms with Crippen LogP contribution < -0.4 is 0 Å². The summed E-state index contributed by atoms with van der Waals surface area (Å²) in [5.41, 5.74) is -2.23. The van der Waals surface area contributed by atoms with Crippen LogP contribution in [0.25, 0.3) is 0 Å². The largest absolute Gasteiger partial charge is 0.473 e. The van der Waals surface area contributed by atoms with Crippen molar-refractivity contribution in [1.29, 1.82) is 0 Å². The predicted octanol–water partition coefficient (Wildman–Crippen LogP) is 0.636. The molecular weight excluding hydrogens is 196 g/mol. The van der Waals surface area contributed by atoms with Crippen LogP contribution in [-0.4, -0.2) is 20.9 Å². The molecule has 0 aliphatic heterocycles. The van der Waals surface area contributed by atoms with Crippen molar-refractivity contribution in [1.82, 2.24) is 0 Å². The van der Waals surface area contributed by atoms with Gasteiger partial charge in [0.05, 0.1) is 9.85 Å². The van der Waals surface area contributed by atoms with Crippen LogP contribution in [0.1, 0.15) is 19.8 Å². The molecule has 8 heteroatoms. The standard InChI is InChI=1S/C6H8N2O6/c1-2-3-4(7(11)12)5(6(9)10)8(13)14/h2-3H2,1H3,(H,9,10)/b5-4+. The minimum atomic E-state index is -1.89. The molecule has 0 aromatic rings. The molecule has 1 N–H and O–H groups in total. The van der Waals surface area contributed by atoms with E-state index in [9.17, 15) is 25.0 Å². The molecule has 0 saturated carbocycles. The number of hydrogen-bond donors (Lipinski definition) is 1. The summed E-state index contributed by atoms with van der Waals surface area (Å²) >= 11 is 0. The van der Waals surface area contributed by atoms with Gasteiger partial charge in [-0.15, -0.1) is 0 Å². The highest BCUT2D eigenvalue weighted by atomic mass is 16.6. The van der Waals surface area contributed by atoms with Crippen LogP contribution in [0.3, 0.4) is 0 Å². The molecule has 0 aromatic heterocycles. The molecule has 0 aromatic carbocycles. The second-order valence-corrected chi connectivity index (χ2v) is 2.36. The maximum absolute atomic E-state index is 10.4. The average Bonchev–Trinajstić information content (AvgIpc) is 2.01. The normalized spacial score (nSPS) is 11.8. The zero-order valence-corrected chi connectivity index (χ0v) is 7.30. The molecule has 0 saturated heterocycles. The molecular formula is C6H8N2O6. The third-order valence-electron chi connectivity index (χ3n) is 1.37. The fourth-order valence-electron chi connectivity index (χ4n) is 0.840. The van der Waals surface area contributed by atoms with Crippen molar-refractivity contribution in [3.05, 3.63) is 31.6 Å². The number of allylic oxidation sites excluding steroid dienone is 1. The van der Waals surface area contributed by atoms with Crippen LogP contribution in [0.15, 0.2) is 11.4 Å². The molecule has 14 heavy (non-hydrogen) atoms. The van der Waals surface area contributed by atoms with E-state index in [2.05, 4.69) is 0 Å². The van der Waals surface area contributed by atoms with E-state index in [0.717, 1.165) is 0 Å². The van der Waals surface area contributed by atoms with Crippen molar-refractivity contribution in [3.63, 3.8) is 0 Å². The van der Waals surface area contributed by atoms with Crippen LogP contribution in [0.5, 0.6) is 0 Å². The Balaban J connectivity index is 5.38. The first-order valence-corrected chi connectivity index (χ1v) is 3.67. The van der Waals surface area contributed by atoms with Gasteiger partial charge in [-0.3, -0.25) is 20.2 Å². The fraction of sp³-hybridized carbons (Fsp3) is 0.500. The molecule has 0 amide bonds. The number of rotatable bonds is 5. The van der Waals surface area contributed by atoms with Crippen LogP contribution in [-0.2, 0) is 4.79 Å². The second kappa shape index (κ2) is 4.90. The molecule has 0 unspecified atom stereocenters. The Morgan fingerprint density at radius 3 is 2.00 bits per heavy atom. The van der Waals surface area contributed by atoms with Gasteiger partial charge in [-0.05, 0) is 6.42 Å². The number of nitrogens with zero attached hydrogens (tertiary/aromatic N) is 2. The first-order valence-electron chi connectivity index (χ1n) is 3.67. The molecule has 8 nitrogen and oxygen atoms in total. The van der Waals surface area contributed by atoms with Gasteiger partial charge in [0.1, 0.15) is 0 Å². The van der Waals surface area contributed by atoms with Crippen LogP contribution in [0, 0.1) is 20.2 Å². The van der Waals surface area contributed by atoms with E-state index in [1.54, 1.807) is 6.92 Å². The maximum Gasteiger partial charge on any atom is 0.425 e. The highest BCUT2D eigenvalue weighted by molar-refractivity contribution is 5.84. The lowest BCUT2D eigenvalue weighted by molar-refractivity contribution is -0.470. The van der Waals surface area contributed by atoms with Gasteiger partial charge < -0.3 is 5.11 Å². The van der Waals surface area contributed by atoms with Gasteiger partial charge in [-0.2, -0.15) is 0 Å². The maximum atomic E-state index is 10.4. The summed E-state index contributed by atoms with van der Waals surface area (Å²) in [5.74, 6) is -1.89. The third kappa shape index (κ3) is 2.81. The number of carboxylic acids is 1. The highest BCUT2D eigenvalue weighted by Gasteiger charge is 2.34. The minimum Gasteiger partial charge on any atom is -0.473 e. The first-order chi connectivity index (χ1) is 6.41. The molecule has 0 spiro atoms. The van der Waals surface area contributed by atoms with Gasteiger partial charge in [0.2, 0.25) is 0 Å². The molecule has 78 valence electrons. The van der Waals surface area contributed by atoms with E-state index in [0.29, 0.717) is 0 Å². The highest BCUT2D eigenvalue weighted by Crippen LogP contribution is 2.12. The first kappa shape index (κ1) is 12.0. The Kier molecular flexibility index (Phi) is 4.20. The van der Waals surface area contributed by atoms with Crippen molar-refractivity contribution in [2.24, 2.45) is 0 Å². The summed E-state index contributed by atoms with van der Waals surface area (Å²) < 4.78 is 0. The number of carboxylic acid groups (broad SMARTS) is 1. The number of nitro groups is 2. The summed E-state index contributed by atoms with van der Waals surface area (Å²) in [5, 5.41) is 28.9. The van der Waals surface area contributed by atoms with Crippen LogP contribution in [0.4, 0.5) is 0 Å². The Labute approximate surface area is 78.1 Å². The average molecular weight is 204 g/mol. The summed E-state index contributed by atoms with van der Waals surface area (Å²) in [7, 11) is 0. The number of hydrogen-bond acceptors (Lipinski definition) is 5. The summed E-state index contributed by atoms with van der Waals surface area (Å²) in [6, 6.07) is 0. The third-order valence-corrected chi connectivity index (χ3v) is 1.37. The lowest BCUT2D eigenvalue weighted by Crippen LogP contribution is -2.17. The molecule has 0 fully saturated rings. The van der Waals surface area contributed by atoms with Crippen molar-refractivity contribution in [3.8, 4) is 0 Å². The Morgan fingerprint density at radius 2 is 1.79 bits per heavy atom. The molecule has 0 atom stereocenters. The lowest BCUT2D eigenvalue weighted by atomic mass is 10.2. The van der Waals surface area contributed by atoms with Crippen molar-refractivity contribution < 1.29 is 19.7 Å². The molecule has 0 aliphatic rings. The van der Waals surface area contributed by atoms with Crippen LogP contribution >= 0.6 is 0 Å². The second-order valence-electron chi connectivity index (χ2n) is 2.36. The molecule has 0 heterocycles. The van der Waals surface area contributed by atoms with Crippen molar-refractivity contribution in [2.45, 2.75) is 19.8 Å². The SMILES string of the molecule is CCC/C(=C(/C(=O)O)[N+](=O)[O-])[N+](=O)[O-]. The van der Waals surface area contributed by atoms with E-state index in [-0.39, 0.29) is 12.8 Å². The molecule has 0 bridgehead atoms. The van der Waals surface area contributed by atoms with Crippen molar-refractivity contribution >= 4 is 5.97 Å². The Morgan fingerprint density at radius 1 is 1.29 bits per heavy atom.